The smallest absolute Gasteiger partial charge is 0.0219 e. The molecule has 0 aromatic heterocycles. The van der Waals surface area contributed by atoms with Crippen LogP contribution in [0.2, 0.25) is 0 Å². The van der Waals surface area contributed by atoms with E-state index in [2.05, 4.69) is 52.5 Å². The highest BCUT2D eigenvalue weighted by Crippen LogP contribution is 2.21. The first-order valence-corrected chi connectivity index (χ1v) is 4.78. The van der Waals surface area contributed by atoms with Gasteiger partial charge in [0.15, 0.2) is 0 Å². The molecule has 0 aliphatic heterocycles. The van der Waals surface area contributed by atoms with Gasteiger partial charge in [-0.15, -0.1) is 0 Å². The summed E-state index contributed by atoms with van der Waals surface area (Å²) in [4.78, 5) is 0. The van der Waals surface area contributed by atoms with E-state index in [9.17, 15) is 0 Å². The van der Waals surface area contributed by atoms with E-state index in [-0.39, 0.29) is 0 Å². The molecule has 0 spiro atoms. The molecule has 0 heteroatoms. The van der Waals surface area contributed by atoms with Gasteiger partial charge in [0.25, 0.3) is 0 Å². The molecular weight excluding hydrogens is 156 g/mol. The molecule has 1 rings (SSSR count). The van der Waals surface area contributed by atoms with E-state index in [0.29, 0.717) is 5.92 Å². The molecule has 0 heterocycles. The summed E-state index contributed by atoms with van der Waals surface area (Å²) in [6, 6.07) is 6.67. The van der Waals surface area contributed by atoms with Crippen molar-refractivity contribution in [1.29, 1.82) is 0 Å². The average Bonchev–Trinajstić information content (AvgIpc) is 2.03. The zero-order chi connectivity index (χ0) is 10.0. The molecule has 0 atom stereocenters. The van der Waals surface area contributed by atoms with Gasteiger partial charge < -0.3 is 0 Å². The van der Waals surface area contributed by atoms with Crippen molar-refractivity contribution in [1.82, 2.24) is 0 Å². The summed E-state index contributed by atoms with van der Waals surface area (Å²) in [5.74, 6) is 0.595. The van der Waals surface area contributed by atoms with Crippen LogP contribution in [-0.2, 0) is 0 Å². The molecule has 0 saturated heterocycles. The second-order valence-electron chi connectivity index (χ2n) is 4.07. The maximum atomic E-state index is 3.97. The Morgan fingerprint density at radius 3 is 2.31 bits per heavy atom. The Kier molecular flexibility index (Phi) is 2.92. The lowest BCUT2D eigenvalue weighted by atomic mass is 9.96. The summed E-state index contributed by atoms with van der Waals surface area (Å²) in [6.45, 7) is 12.6. The molecule has 0 bridgehead atoms. The molecule has 0 unspecified atom stereocenters. The van der Waals surface area contributed by atoms with Crippen LogP contribution in [0.25, 0.3) is 5.57 Å². The number of hydrogen-bond donors (Lipinski definition) is 0. The summed E-state index contributed by atoms with van der Waals surface area (Å²) in [5.41, 5.74) is 5.14. The highest BCUT2D eigenvalue weighted by atomic mass is 14.1. The minimum absolute atomic E-state index is 0.595. The Balaban J connectivity index is 3.19. The maximum Gasteiger partial charge on any atom is -0.0219 e. The van der Waals surface area contributed by atoms with Crippen molar-refractivity contribution < 1.29 is 0 Å². The van der Waals surface area contributed by atoms with Gasteiger partial charge in [0, 0.05) is 0 Å². The van der Waals surface area contributed by atoms with Crippen LogP contribution in [0.4, 0.5) is 0 Å². The van der Waals surface area contributed by atoms with Crippen LogP contribution in [0, 0.1) is 6.92 Å². The summed E-state index contributed by atoms with van der Waals surface area (Å²) in [7, 11) is 0. The van der Waals surface area contributed by atoms with Crippen molar-refractivity contribution >= 4 is 5.57 Å². The van der Waals surface area contributed by atoms with Gasteiger partial charge in [0.1, 0.15) is 0 Å². The Morgan fingerprint density at radius 1 is 1.23 bits per heavy atom. The highest BCUT2D eigenvalue weighted by Gasteiger charge is 2.02. The Labute approximate surface area is 81.3 Å². The van der Waals surface area contributed by atoms with Crippen molar-refractivity contribution in [2.24, 2.45) is 0 Å². The molecule has 0 aliphatic rings. The largest absolute Gasteiger partial charge is 0.0955 e. The summed E-state index contributed by atoms with van der Waals surface area (Å²) >= 11 is 0. The number of rotatable bonds is 2. The van der Waals surface area contributed by atoms with E-state index >= 15 is 0 Å². The van der Waals surface area contributed by atoms with Gasteiger partial charge in [-0.1, -0.05) is 49.8 Å². The van der Waals surface area contributed by atoms with Gasteiger partial charge in [0.2, 0.25) is 0 Å². The lowest BCUT2D eigenvalue weighted by Crippen LogP contribution is -1.91. The molecule has 0 amide bonds. The quantitative estimate of drug-likeness (QED) is 0.631. The van der Waals surface area contributed by atoms with Gasteiger partial charge in [0.05, 0.1) is 0 Å². The van der Waals surface area contributed by atoms with Crippen LogP contribution in [0.1, 0.15) is 43.4 Å². The van der Waals surface area contributed by atoms with Gasteiger partial charge >= 0.3 is 0 Å². The molecule has 13 heavy (non-hydrogen) atoms. The topological polar surface area (TPSA) is 0 Å². The molecule has 1 aromatic rings. The number of allylic oxidation sites excluding steroid dienone is 1. The van der Waals surface area contributed by atoms with Crippen LogP contribution < -0.4 is 0 Å². The normalized spacial score (nSPS) is 10.5. The highest BCUT2D eigenvalue weighted by molar-refractivity contribution is 5.62. The molecule has 0 aliphatic carbocycles. The SMILES string of the molecule is C=C(C)c1cc(C)cc(C(C)C)c1. The predicted octanol–water partition coefficient (Wildman–Crippen LogP) is 4.15. The molecule has 0 N–H and O–H groups in total. The zero-order valence-corrected chi connectivity index (χ0v) is 9.02. The van der Waals surface area contributed by atoms with Crippen molar-refractivity contribution in [3.05, 3.63) is 41.5 Å². The molecular formula is C13H18. The molecule has 70 valence electrons. The minimum atomic E-state index is 0.595. The van der Waals surface area contributed by atoms with E-state index in [1.165, 1.54) is 16.7 Å². The molecule has 0 nitrogen and oxygen atoms in total. The summed E-state index contributed by atoms with van der Waals surface area (Å²) < 4.78 is 0. The third-order valence-electron chi connectivity index (χ3n) is 2.26. The summed E-state index contributed by atoms with van der Waals surface area (Å²) in [5, 5.41) is 0. The Hall–Kier alpha value is -1.04. The third kappa shape index (κ3) is 2.45. The summed E-state index contributed by atoms with van der Waals surface area (Å²) in [6.07, 6.45) is 0. The fraction of sp³-hybridized carbons (Fsp3) is 0.385. The maximum absolute atomic E-state index is 3.97. The van der Waals surface area contributed by atoms with Crippen LogP contribution >= 0.6 is 0 Å². The lowest BCUT2D eigenvalue weighted by Gasteiger charge is -2.09. The first kappa shape index (κ1) is 10.0. The van der Waals surface area contributed by atoms with E-state index in [1.807, 2.05) is 0 Å². The standard InChI is InChI=1S/C13H18/c1-9(2)12-6-11(5)7-13(8-12)10(3)4/h6-8,10H,1H2,2-5H3. The molecule has 1 aromatic carbocycles. The third-order valence-corrected chi connectivity index (χ3v) is 2.26. The van der Waals surface area contributed by atoms with Crippen LogP contribution in [-0.4, -0.2) is 0 Å². The number of benzene rings is 1. The van der Waals surface area contributed by atoms with E-state index < -0.39 is 0 Å². The van der Waals surface area contributed by atoms with Crippen molar-refractivity contribution in [2.75, 3.05) is 0 Å². The van der Waals surface area contributed by atoms with E-state index in [1.54, 1.807) is 0 Å². The van der Waals surface area contributed by atoms with Crippen molar-refractivity contribution in [3.8, 4) is 0 Å². The molecule has 0 saturated carbocycles. The van der Waals surface area contributed by atoms with E-state index in [0.717, 1.165) is 5.57 Å². The van der Waals surface area contributed by atoms with Crippen molar-refractivity contribution in [3.63, 3.8) is 0 Å². The second-order valence-corrected chi connectivity index (χ2v) is 4.07. The number of aryl methyl sites for hydroxylation is 1. The van der Waals surface area contributed by atoms with Crippen LogP contribution in [0.15, 0.2) is 24.8 Å². The molecule has 0 radical (unpaired) electrons. The van der Waals surface area contributed by atoms with Gasteiger partial charge in [-0.2, -0.15) is 0 Å². The van der Waals surface area contributed by atoms with Gasteiger partial charge in [-0.05, 0) is 30.9 Å². The number of hydrogen-bond acceptors (Lipinski definition) is 0. The van der Waals surface area contributed by atoms with Crippen LogP contribution in [0.3, 0.4) is 0 Å². The minimum Gasteiger partial charge on any atom is -0.0955 e. The second kappa shape index (κ2) is 3.78. The van der Waals surface area contributed by atoms with Crippen LogP contribution in [0.5, 0.6) is 0 Å². The Morgan fingerprint density at radius 2 is 1.85 bits per heavy atom. The monoisotopic (exact) mass is 174 g/mol. The lowest BCUT2D eigenvalue weighted by molar-refractivity contribution is 0.864. The van der Waals surface area contributed by atoms with Gasteiger partial charge in [-0.25, -0.2) is 0 Å². The first-order chi connectivity index (χ1) is 6.00. The predicted molar refractivity (Wildman–Crippen MR) is 60.0 cm³/mol. The fourth-order valence-electron chi connectivity index (χ4n) is 1.39. The average molecular weight is 174 g/mol. The van der Waals surface area contributed by atoms with Crippen molar-refractivity contribution in [2.45, 2.75) is 33.6 Å². The zero-order valence-electron chi connectivity index (χ0n) is 9.02. The first-order valence-electron chi connectivity index (χ1n) is 4.78. The molecule has 0 fully saturated rings. The van der Waals surface area contributed by atoms with Gasteiger partial charge in [-0.3, -0.25) is 0 Å². The fourth-order valence-corrected chi connectivity index (χ4v) is 1.39. The Bertz CT molecular complexity index is 319. The van der Waals surface area contributed by atoms with E-state index in [4.69, 9.17) is 0 Å².